The molecule has 2 rings (SSSR count). The van der Waals surface area contributed by atoms with E-state index in [1.807, 2.05) is 5.32 Å². The van der Waals surface area contributed by atoms with Gasteiger partial charge < -0.3 is 29.4 Å². The Morgan fingerprint density at radius 3 is 2.76 bits per heavy atom. The van der Waals surface area contributed by atoms with Crippen molar-refractivity contribution in [1.82, 2.24) is 14.9 Å². The summed E-state index contributed by atoms with van der Waals surface area (Å²) in [5.41, 5.74) is -1.40. The van der Waals surface area contributed by atoms with Crippen LogP contribution in [0.4, 0.5) is 13.2 Å². The Balaban J connectivity index is 1.87. The third-order valence-corrected chi connectivity index (χ3v) is 7.76. The maximum Gasteiger partial charge on any atom is 0.471 e. The number of nitrogens with one attached hydrogen (secondary N) is 2. The van der Waals surface area contributed by atoms with Crippen molar-refractivity contribution in [3.63, 3.8) is 0 Å². The van der Waals surface area contributed by atoms with E-state index in [4.69, 9.17) is 18.9 Å². The van der Waals surface area contributed by atoms with Crippen LogP contribution in [0, 0.1) is 11.8 Å². The first-order valence-corrected chi connectivity index (χ1v) is 13.1. The molecule has 208 valence electrons. The van der Waals surface area contributed by atoms with Gasteiger partial charge in [0.15, 0.2) is 0 Å². The topological polar surface area (TPSA) is 141 Å². The number of amides is 1. The minimum atomic E-state index is -4.93. The van der Waals surface area contributed by atoms with E-state index in [0.29, 0.717) is 0 Å². The fourth-order valence-corrected chi connectivity index (χ4v) is 5.15. The van der Waals surface area contributed by atoms with Crippen molar-refractivity contribution in [2.75, 3.05) is 39.6 Å². The Kier molecular flexibility index (Phi) is 12.0. The highest BCUT2D eigenvalue weighted by Gasteiger charge is 2.39. The van der Waals surface area contributed by atoms with Crippen molar-refractivity contribution in [2.45, 2.75) is 49.6 Å². The van der Waals surface area contributed by atoms with Gasteiger partial charge in [0.25, 0.3) is 5.56 Å². The minimum absolute atomic E-state index is 0.00261. The van der Waals surface area contributed by atoms with Gasteiger partial charge in [-0.3, -0.25) is 19.1 Å². The summed E-state index contributed by atoms with van der Waals surface area (Å²) in [6.07, 6.45) is -5.42. The highest BCUT2D eigenvalue weighted by atomic mass is 33.1. The average Bonchev–Trinajstić information content (AvgIpc) is 3.24. The summed E-state index contributed by atoms with van der Waals surface area (Å²) in [5, 5.41) is 11.3. The summed E-state index contributed by atoms with van der Waals surface area (Å²) in [6.45, 7) is 2.75. The molecule has 0 spiro atoms. The molecule has 3 N–H and O–H groups in total. The van der Waals surface area contributed by atoms with Crippen LogP contribution in [-0.4, -0.2) is 83.3 Å². The van der Waals surface area contributed by atoms with Gasteiger partial charge in [0.1, 0.15) is 37.2 Å². The lowest BCUT2D eigenvalue weighted by molar-refractivity contribution is -0.173. The lowest BCUT2D eigenvalue weighted by Gasteiger charge is -2.23. The zero-order valence-electron chi connectivity index (χ0n) is 20.3. The molecule has 0 aromatic carbocycles. The maximum atomic E-state index is 12.3. The first kappa shape index (κ1) is 31.2. The van der Waals surface area contributed by atoms with Gasteiger partial charge in [0, 0.05) is 31.0 Å². The van der Waals surface area contributed by atoms with Crippen LogP contribution in [0.2, 0.25) is 0 Å². The van der Waals surface area contributed by atoms with Crippen LogP contribution in [0.5, 0.6) is 0 Å². The van der Waals surface area contributed by atoms with Crippen LogP contribution in [0.25, 0.3) is 0 Å². The molecular formula is C21H28F3N3O8S2. The number of halogens is 3. The summed E-state index contributed by atoms with van der Waals surface area (Å²) in [4.78, 5) is 37.5. The summed E-state index contributed by atoms with van der Waals surface area (Å²) in [7, 11) is 3.90. The molecule has 3 atom stereocenters. The van der Waals surface area contributed by atoms with Gasteiger partial charge >= 0.3 is 17.8 Å². The van der Waals surface area contributed by atoms with Gasteiger partial charge in [-0.05, 0) is 13.8 Å². The van der Waals surface area contributed by atoms with E-state index < -0.39 is 46.5 Å². The van der Waals surface area contributed by atoms with Gasteiger partial charge in [0.2, 0.25) is 0 Å². The van der Waals surface area contributed by atoms with Gasteiger partial charge in [-0.2, -0.15) is 13.2 Å². The summed E-state index contributed by atoms with van der Waals surface area (Å²) < 4.78 is 58.7. The number of hydrogen-bond acceptors (Lipinski definition) is 10. The predicted octanol–water partition coefficient (Wildman–Crippen LogP) is 0.970. The number of rotatable bonds is 12. The van der Waals surface area contributed by atoms with Crippen LogP contribution in [0.15, 0.2) is 15.8 Å². The molecule has 0 bridgehead atoms. The quantitative estimate of drug-likeness (QED) is 0.144. The number of H-pyrrole nitrogens is 1. The minimum Gasteiger partial charge on any atom is -0.394 e. The van der Waals surface area contributed by atoms with Crippen molar-refractivity contribution in [3.8, 4) is 11.8 Å². The number of carbonyl (C=O) groups is 1. The molecule has 1 amide bonds. The Morgan fingerprint density at radius 2 is 2.11 bits per heavy atom. The molecule has 1 aromatic heterocycles. The molecule has 1 aliphatic heterocycles. The number of methoxy groups -OCH3 is 1. The molecule has 1 saturated heterocycles. The molecule has 37 heavy (non-hydrogen) atoms. The number of carbonyl (C=O) groups excluding carboxylic acids is 1. The second-order valence-corrected chi connectivity index (χ2v) is 11.2. The molecule has 0 radical (unpaired) electrons. The molecule has 1 fully saturated rings. The van der Waals surface area contributed by atoms with E-state index in [9.17, 15) is 32.7 Å². The Bertz CT molecular complexity index is 1080. The molecular weight excluding hydrogens is 543 g/mol. The number of aliphatic hydroxyl groups is 1. The highest BCUT2D eigenvalue weighted by molar-refractivity contribution is 8.77. The fraction of sp³-hybridized carbons (Fsp3) is 0.667. The number of ether oxygens (including phenoxy) is 4. The van der Waals surface area contributed by atoms with Crippen LogP contribution >= 0.6 is 21.6 Å². The van der Waals surface area contributed by atoms with Crippen molar-refractivity contribution in [2.24, 2.45) is 0 Å². The highest BCUT2D eigenvalue weighted by Crippen LogP contribution is 2.35. The van der Waals surface area contributed by atoms with E-state index in [-0.39, 0.29) is 44.5 Å². The summed E-state index contributed by atoms with van der Waals surface area (Å²) in [5.74, 6) is 3.43. The third-order valence-electron chi connectivity index (χ3n) is 4.78. The van der Waals surface area contributed by atoms with Crippen LogP contribution in [0.3, 0.4) is 0 Å². The average molecular weight is 572 g/mol. The molecule has 11 nitrogen and oxygen atoms in total. The number of aliphatic hydroxyl groups excluding tert-OH is 1. The molecule has 0 aliphatic carbocycles. The van der Waals surface area contributed by atoms with Crippen LogP contribution in [0.1, 0.15) is 32.1 Å². The zero-order chi connectivity index (χ0) is 27.6. The van der Waals surface area contributed by atoms with Gasteiger partial charge in [-0.1, -0.05) is 33.4 Å². The summed E-state index contributed by atoms with van der Waals surface area (Å²) >= 11 is 0. The Labute approximate surface area is 218 Å². The first-order chi connectivity index (χ1) is 17.4. The second kappa shape index (κ2) is 14.2. The normalized spacial score (nSPS) is 19.9. The smallest absolute Gasteiger partial charge is 0.394 e. The Hall–Kier alpha value is -2.00. The number of aromatic nitrogens is 2. The largest absolute Gasteiger partial charge is 0.471 e. The monoisotopic (exact) mass is 571 g/mol. The number of nitrogens with zero attached hydrogens (tertiary/aromatic N) is 1. The standard InChI is InChI=1S/C21H28F3N3O8S2/c1-20(2,10-25-18(30)21(22,23)24)37-36-12-33-6-4-5-13-8-27(19(31)26-17(13)29)16-7-14(34-11-32-3)15(9-28)35-16/h8,14-16,28H,6-7,9-12H2,1-3H3,(H,25,30)(H,26,29,31)/t14?,15-,16-/m1/s1. The first-order valence-electron chi connectivity index (χ1n) is 10.8. The number of hydrogen-bond donors (Lipinski definition) is 3. The SMILES string of the molecule is COCOC1C[C@H](n2cc(C#CCOCSSC(C)(C)CNC(=O)C(F)(F)F)c(=O)[nH]c2=O)O[C@@H]1CO. The maximum absolute atomic E-state index is 12.3. The molecule has 16 heteroatoms. The summed E-state index contributed by atoms with van der Waals surface area (Å²) in [6, 6.07) is 0. The van der Waals surface area contributed by atoms with Crippen LogP contribution < -0.4 is 16.6 Å². The molecule has 1 aromatic rings. The van der Waals surface area contributed by atoms with Crippen molar-refractivity contribution >= 4 is 27.5 Å². The van der Waals surface area contributed by atoms with E-state index in [1.165, 1.54) is 34.9 Å². The Morgan fingerprint density at radius 1 is 1.38 bits per heavy atom. The second-order valence-electron chi connectivity index (χ2n) is 8.28. The van der Waals surface area contributed by atoms with Gasteiger partial charge in [-0.25, -0.2) is 4.79 Å². The zero-order valence-corrected chi connectivity index (χ0v) is 21.9. The molecule has 2 heterocycles. The van der Waals surface area contributed by atoms with E-state index in [0.717, 1.165) is 4.57 Å². The molecule has 1 aliphatic rings. The van der Waals surface area contributed by atoms with E-state index >= 15 is 0 Å². The molecule has 1 unspecified atom stereocenters. The lowest BCUT2D eigenvalue weighted by atomic mass is 10.2. The van der Waals surface area contributed by atoms with Crippen molar-refractivity contribution in [3.05, 3.63) is 32.6 Å². The lowest BCUT2D eigenvalue weighted by Crippen LogP contribution is -2.42. The molecule has 0 saturated carbocycles. The number of aromatic amines is 1. The van der Waals surface area contributed by atoms with Crippen molar-refractivity contribution in [1.29, 1.82) is 0 Å². The fourth-order valence-electron chi connectivity index (χ4n) is 3.02. The van der Waals surface area contributed by atoms with Crippen molar-refractivity contribution < 1.29 is 42.0 Å². The predicted molar refractivity (Wildman–Crippen MR) is 130 cm³/mol. The van der Waals surface area contributed by atoms with Crippen LogP contribution in [-0.2, 0) is 23.7 Å². The number of alkyl halides is 3. The third kappa shape index (κ3) is 10.0. The van der Waals surface area contributed by atoms with E-state index in [2.05, 4.69) is 16.8 Å². The van der Waals surface area contributed by atoms with Gasteiger partial charge in [-0.15, -0.1) is 0 Å². The van der Waals surface area contributed by atoms with Gasteiger partial charge in [0.05, 0.1) is 12.7 Å². The van der Waals surface area contributed by atoms with E-state index in [1.54, 1.807) is 13.8 Å².